The van der Waals surface area contributed by atoms with E-state index in [1.165, 1.54) is 5.56 Å². The van der Waals surface area contributed by atoms with E-state index in [1.807, 2.05) is 42.5 Å². The lowest BCUT2D eigenvalue weighted by molar-refractivity contribution is 1.10. The van der Waals surface area contributed by atoms with E-state index in [0.717, 1.165) is 28.0 Å². The molecule has 4 nitrogen and oxygen atoms in total. The monoisotopic (exact) mass is 286 g/mol. The molecule has 0 atom stereocenters. The van der Waals surface area contributed by atoms with E-state index in [4.69, 9.17) is 4.98 Å². The highest BCUT2D eigenvalue weighted by molar-refractivity contribution is 5.88. The third-order valence-corrected chi connectivity index (χ3v) is 3.64. The van der Waals surface area contributed by atoms with Gasteiger partial charge in [0, 0.05) is 11.1 Å². The number of benzene rings is 2. The van der Waals surface area contributed by atoms with Crippen LogP contribution in [0, 0.1) is 6.92 Å². The van der Waals surface area contributed by atoms with Crippen molar-refractivity contribution >= 4 is 11.2 Å². The number of rotatable bonds is 2. The minimum atomic E-state index is 0.634. The van der Waals surface area contributed by atoms with E-state index in [9.17, 15) is 0 Å². The Morgan fingerprint density at radius 1 is 0.909 bits per heavy atom. The maximum atomic E-state index is 4.77. The molecule has 0 fully saturated rings. The van der Waals surface area contributed by atoms with Gasteiger partial charge < -0.3 is 0 Å². The molecule has 4 rings (SSSR count). The van der Waals surface area contributed by atoms with Gasteiger partial charge in [0.2, 0.25) is 0 Å². The Morgan fingerprint density at radius 2 is 1.73 bits per heavy atom. The number of aromatic amines is 1. The summed E-state index contributed by atoms with van der Waals surface area (Å²) in [6, 6.07) is 18.3. The molecule has 22 heavy (non-hydrogen) atoms. The SMILES string of the molecule is Cc1cccc(-c2cnc3n[nH]c(-c4ccccc4)c3n2)c1. The predicted octanol–water partition coefficient (Wildman–Crippen LogP) is 4.00. The summed E-state index contributed by atoms with van der Waals surface area (Å²) in [7, 11) is 0. The van der Waals surface area contributed by atoms with E-state index in [2.05, 4.69) is 34.2 Å². The van der Waals surface area contributed by atoms with Crippen LogP contribution >= 0.6 is 0 Å². The smallest absolute Gasteiger partial charge is 0.200 e. The summed E-state index contributed by atoms with van der Waals surface area (Å²) in [6.45, 7) is 2.07. The zero-order valence-corrected chi connectivity index (χ0v) is 12.1. The molecule has 0 spiro atoms. The van der Waals surface area contributed by atoms with Crippen molar-refractivity contribution in [2.75, 3.05) is 0 Å². The second kappa shape index (κ2) is 5.07. The van der Waals surface area contributed by atoms with E-state index < -0.39 is 0 Å². The zero-order chi connectivity index (χ0) is 14.9. The quantitative estimate of drug-likeness (QED) is 0.606. The molecule has 0 bridgehead atoms. The summed E-state index contributed by atoms with van der Waals surface area (Å²) in [5.74, 6) is 0. The van der Waals surface area contributed by atoms with Crippen molar-refractivity contribution in [2.45, 2.75) is 6.92 Å². The molecular weight excluding hydrogens is 272 g/mol. The molecule has 0 amide bonds. The lowest BCUT2D eigenvalue weighted by Crippen LogP contribution is -1.88. The Balaban J connectivity index is 1.90. The average Bonchev–Trinajstić information content (AvgIpc) is 2.99. The first-order valence-corrected chi connectivity index (χ1v) is 7.15. The van der Waals surface area contributed by atoms with Crippen molar-refractivity contribution < 1.29 is 0 Å². The third-order valence-electron chi connectivity index (χ3n) is 3.64. The molecule has 0 saturated heterocycles. The first kappa shape index (κ1) is 12.7. The molecule has 2 aromatic carbocycles. The predicted molar refractivity (Wildman–Crippen MR) is 87.3 cm³/mol. The molecule has 106 valence electrons. The van der Waals surface area contributed by atoms with Crippen molar-refractivity contribution in [3.63, 3.8) is 0 Å². The van der Waals surface area contributed by atoms with Gasteiger partial charge in [-0.15, -0.1) is 0 Å². The number of aryl methyl sites for hydroxylation is 1. The number of H-pyrrole nitrogens is 1. The number of hydrogen-bond acceptors (Lipinski definition) is 3. The van der Waals surface area contributed by atoms with Gasteiger partial charge in [0.15, 0.2) is 5.65 Å². The normalized spacial score (nSPS) is 11.0. The topological polar surface area (TPSA) is 54.5 Å². The fourth-order valence-electron chi connectivity index (χ4n) is 2.54. The summed E-state index contributed by atoms with van der Waals surface area (Å²) >= 11 is 0. The molecule has 0 unspecified atom stereocenters. The van der Waals surface area contributed by atoms with Crippen LogP contribution in [0.2, 0.25) is 0 Å². The highest BCUT2D eigenvalue weighted by Gasteiger charge is 2.11. The van der Waals surface area contributed by atoms with E-state index in [0.29, 0.717) is 5.65 Å². The molecule has 0 aliphatic carbocycles. The lowest BCUT2D eigenvalue weighted by atomic mass is 10.1. The van der Waals surface area contributed by atoms with Crippen LogP contribution < -0.4 is 0 Å². The number of fused-ring (bicyclic) bond motifs is 1. The number of nitrogens with one attached hydrogen (secondary N) is 1. The van der Waals surface area contributed by atoms with Gasteiger partial charge in [-0.05, 0) is 13.0 Å². The molecule has 0 radical (unpaired) electrons. The molecule has 2 heterocycles. The van der Waals surface area contributed by atoms with Crippen molar-refractivity contribution in [3.8, 4) is 22.5 Å². The van der Waals surface area contributed by atoms with Crippen LogP contribution in [-0.2, 0) is 0 Å². The van der Waals surface area contributed by atoms with Gasteiger partial charge in [0.25, 0.3) is 0 Å². The number of hydrogen-bond donors (Lipinski definition) is 1. The Morgan fingerprint density at radius 3 is 2.55 bits per heavy atom. The van der Waals surface area contributed by atoms with Crippen LogP contribution in [0.1, 0.15) is 5.56 Å². The van der Waals surface area contributed by atoms with E-state index in [-0.39, 0.29) is 0 Å². The van der Waals surface area contributed by atoms with Gasteiger partial charge in [0.05, 0.1) is 17.6 Å². The highest BCUT2D eigenvalue weighted by Crippen LogP contribution is 2.26. The summed E-state index contributed by atoms with van der Waals surface area (Å²) < 4.78 is 0. The van der Waals surface area contributed by atoms with Crippen LogP contribution in [0.4, 0.5) is 0 Å². The van der Waals surface area contributed by atoms with Gasteiger partial charge in [-0.25, -0.2) is 9.97 Å². The van der Waals surface area contributed by atoms with Crippen molar-refractivity contribution in [3.05, 3.63) is 66.4 Å². The van der Waals surface area contributed by atoms with Crippen LogP contribution in [-0.4, -0.2) is 20.2 Å². The first-order chi connectivity index (χ1) is 10.8. The maximum absolute atomic E-state index is 4.77. The molecule has 0 saturated carbocycles. The average molecular weight is 286 g/mol. The Labute approximate surface area is 127 Å². The second-order valence-corrected chi connectivity index (χ2v) is 5.26. The zero-order valence-electron chi connectivity index (χ0n) is 12.1. The van der Waals surface area contributed by atoms with Crippen LogP contribution in [0.15, 0.2) is 60.8 Å². The van der Waals surface area contributed by atoms with Gasteiger partial charge in [-0.1, -0.05) is 54.1 Å². The summed E-state index contributed by atoms with van der Waals surface area (Å²) in [4.78, 5) is 9.20. The fraction of sp³-hybridized carbons (Fsp3) is 0.0556. The molecule has 0 aliphatic heterocycles. The number of aromatic nitrogens is 4. The first-order valence-electron chi connectivity index (χ1n) is 7.15. The van der Waals surface area contributed by atoms with E-state index >= 15 is 0 Å². The summed E-state index contributed by atoms with van der Waals surface area (Å²) in [5, 5.41) is 7.29. The highest BCUT2D eigenvalue weighted by atomic mass is 15.2. The van der Waals surface area contributed by atoms with Crippen molar-refractivity contribution in [1.29, 1.82) is 0 Å². The molecule has 0 aliphatic rings. The Bertz CT molecular complexity index is 942. The number of nitrogens with zero attached hydrogens (tertiary/aromatic N) is 3. The maximum Gasteiger partial charge on any atom is 0.200 e. The van der Waals surface area contributed by atoms with E-state index in [1.54, 1.807) is 6.20 Å². The third kappa shape index (κ3) is 2.15. The van der Waals surface area contributed by atoms with Crippen molar-refractivity contribution in [1.82, 2.24) is 20.2 Å². The second-order valence-electron chi connectivity index (χ2n) is 5.26. The minimum absolute atomic E-state index is 0.634. The lowest BCUT2D eigenvalue weighted by Gasteiger charge is -2.02. The Kier molecular flexibility index (Phi) is 2.93. The Hall–Kier alpha value is -3.01. The molecule has 4 heteroatoms. The largest absolute Gasteiger partial charge is 0.273 e. The van der Waals surface area contributed by atoms with Gasteiger partial charge >= 0.3 is 0 Å². The van der Waals surface area contributed by atoms with Crippen LogP contribution in [0.25, 0.3) is 33.7 Å². The molecular formula is C18H14N4. The minimum Gasteiger partial charge on any atom is -0.273 e. The molecule has 4 aromatic rings. The van der Waals surface area contributed by atoms with Crippen molar-refractivity contribution in [2.24, 2.45) is 0 Å². The van der Waals surface area contributed by atoms with Crippen LogP contribution in [0.3, 0.4) is 0 Å². The molecule has 2 aromatic heterocycles. The fourth-order valence-corrected chi connectivity index (χ4v) is 2.54. The van der Waals surface area contributed by atoms with Gasteiger partial charge in [-0.2, -0.15) is 5.10 Å². The summed E-state index contributed by atoms with van der Waals surface area (Å²) in [5.41, 5.74) is 6.51. The standard InChI is InChI=1S/C18H14N4/c1-12-6-5-9-14(10-12)15-11-19-18-17(20-15)16(21-22-18)13-7-3-2-4-8-13/h2-11H,1H3,(H,19,21,22). The van der Waals surface area contributed by atoms with Gasteiger partial charge in [-0.3, -0.25) is 5.10 Å². The van der Waals surface area contributed by atoms with Gasteiger partial charge in [0.1, 0.15) is 5.52 Å². The summed E-state index contributed by atoms with van der Waals surface area (Å²) in [6.07, 6.45) is 1.77. The van der Waals surface area contributed by atoms with Crippen LogP contribution in [0.5, 0.6) is 0 Å². The molecule has 1 N–H and O–H groups in total.